The van der Waals surface area contributed by atoms with Gasteiger partial charge in [-0.3, -0.25) is 14.3 Å². The first-order valence-corrected chi connectivity index (χ1v) is 6.73. The summed E-state index contributed by atoms with van der Waals surface area (Å²) in [5.74, 6) is -1.68. The lowest BCUT2D eigenvalue weighted by Gasteiger charge is -2.22. The first kappa shape index (κ1) is 15.7. The lowest BCUT2D eigenvalue weighted by atomic mass is 9.84. The Kier molecular flexibility index (Phi) is 4.73. The maximum Gasteiger partial charge on any atom is 0.319 e. The van der Waals surface area contributed by atoms with Crippen LogP contribution in [0.5, 0.6) is 0 Å². The third-order valence-corrected chi connectivity index (χ3v) is 4.14. The number of hydrogen-bond acceptors (Lipinski definition) is 3. The molecule has 0 aliphatic heterocycles. The van der Waals surface area contributed by atoms with E-state index in [1.807, 2.05) is 6.92 Å². The summed E-state index contributed by atoms with van der Waals surface area (Å²) in [6, 6.07) is 0. The van der Waals surface area contributed by atoms with Crippen LogP contribution in [0.25, 0.3) is 0 Å². The molecule has 1 amide bonds. The topological polar surface area (TPSA) is 84.2 Å². The van der Waals surface area contributed by atoms with Gasteiger partial charge >= 0.3 is 5.97 Å². The molecule has 2 N–H and O–H groups in total. The van der Waals surface area contributed by atoms with E-state index in [1.165, 1.54) is 14.0 Å². The molecule has 1 atom stereocenters. The average Bonchev–Trinajstić information content (AvgIpc) is 2.64. The monoisotopic (exact) mass is 331 g/mol. The highest BCUT2D eigenvalue weighted by molar-refractivity contribution is 9.10. The number of amides is 1. The van der Waals surface area contributed by atoms with Gasteiger partial charge in [-0.25, -0.2) is 0 Å². The zero-order valence-corrected chi connectivity index (χ0v) is 13.0. The maximum absolute atomic E-state index is 11.8. The fraction of sp³-hybridized carbons (Fsp3) is 0.583. The van der Waals surface area contributed by atoms with Crippen molar-refractivity contribution >= 4 is 27.8 Å². The number of aromatic nitrogens is 2. The summed E-state index contributed by atoms with van der Waals surface area (Å²) in [6.07, 6.45) is 0.810. The van der Waals surface area contributed by atoms with Gasteiger partial charge in [-0.05, 0) is 29.3 Å². The van der Waals surface area contributed by atoms with Crippen molar-refractivity contribution in [3.63, 3.8) is 0 Å². The largest absolute Gasteiger partial charge is 0.480 e. The van der Waals surface area contributed by atoms with Crippen LogP contribution in [0.2, 0.25) is 0 Å². The summed E-state index contributed by atoms with van der Waals surface area (Å²) in [7, 11) is 3.17. The van der Waals surface area contributed by atoms with E-state index in [9.17, 15) is 14.7 Å². The van der Waals surface area contributed by atoms with Crippen LogP contribution in [0.1, 0.15) is 25.2 Å². The second-order valence-corrected chi connectivity index (χ2v) is 5.37. The molecule has 0 spiro atoms. The number of hydrogen-bond donors (Lipinski definition) is 2. The highest BCUT2D eigenvalue weighted by atomic mass is 79.9. The molecule has 0 fully saturated rings. The zero-order chi connectivity index (χ0) is 14.8. The minimum absolute atomic E-state index is 0.0755. The Morgan fingerprint density at radius 3 is 2.47 bits per heavy atom. The molecule has 0 bridgehead atoms. The van der Waals surface area contributed by atoms with Crippen LogP contribution >= 0.6 is 15.9 Å². The Balaban J connectivity index is 3.22. The fourth-order valence-electron chi connectivity index (χ4n) is 1.88. The second kappa shape index (κ2) is 5.73. The van der Waals surface area contributed by atoms with Crippen molar-refractivity contribution in [2.45, 2.75) is 26.7 Å². The number of nitrogens with one attached hydrogen (secondary N) is 1. The molecule has 7 heteroatoms. The fourth-order valence-corrected chi connectivity index (χ4v) is 2.63. The molecular formula is C12H18BrN3O3. The van der Waals surface area contributed by atoms with Crippen molar-refractivity contribution in [3.8, 4) is 0 Å². The SMILES string of the molecule is CCc1nn(C)c(CC(C)(C(=O)O)C(=O)NC)c1Br. The van der Waals surface area contributed by atoms with Crippen molar-refractivity contribution < 1.29 is 14.7 Å². The second-order valence-electron chi connectivity index (χ2n) is 4.58. The van der Waals surface area contributed by atoms with Gasteiger partial charge in [0.15, 0.2) is 0 Å². The molecule has 0 saturated carbocycles. The Labute approximate surface area is 120 Å². The van der Waals surface area contributed by atoms with Crippen LogP contribution in [-0.2, 0) is 29.5 Å². The summed E-state index contributed by atoms with van der Waals surface area (Å²) in [4.78, 5) is 23.3. The minimum atomic E-state index is -1.52. The molecular weight excluding hydrogens is 314 g/mol. The van der Waals surface area contributed by atoms with Crippen LogP contribution in [0.3, 0.4) is 0 Å². The molecule has 0 aliphatic rings. The van der Waals surface area contributed by atoms with Crippen LogP contribution in [-0.4, -0.2) is 33.8 Å². The Bertz CT molecular complexity index is 513. The van der Waals surface area contributed by atoms with Gasteiger partial charge in [-0.15, -0.1) is 0 Å². The highest BCUT2D eigenvalue weighted by Crippen LogP contribution is 2.29. The molecule has 1 aromatic heterocycles. The van der Waals surface area contributed by atoms with E-state index in [0.29, 0.717) is 5.69 Å². The standard InChI is InChI=1S/C12H18BrN3O3/c1-5-7-9(13)8(16(4)15-7)6-12(2,11(18)19)10(17)14-3/h5-6H2,1-4H3,(H,14,17)(H,18,19). The Hall–Kier alpha value is -1.37. The Morgan fingerprint density at radius 2 is 2.11 bits per heavy atom. The van der Waals surface area contributed by atoms with E-state index < -0.39 is 17.3 Å². The zero-order valence-electron chi connectivity index (χ0n) is 11.5. The van der Waals surface area contributed by atoms with Crippen molar-refractivity contribution in [2.75, 3.05) is 7.05 Å². The number of carboxylic acid groups (broad SMARTS) is 1. The molecule has 1 unspecified atom stereocenters. The minimum Gasteiger partial charge on any atom is -0.480 e. The Morgan fingerprint density at radius 1 is 1.53 bits per heavy atom. The van der Waals surface area contributed by atoms with E-state index in [4.69, 9.17) is 0 Å². The molecule has 1 rings (SSSR count). The number of carboxylic acids is 1. The molecule has 0 aliphatic carbocycles. The summed E-state index contributed by atoms with van der Waals surface area (Å²) < 4.78 is 2.39. The van der Waals surface area contributed by atoms with Gasteiger partial charge < -0.3 is 10.4 Å². The number of carbonyl (C=O) groups excluding carboxylic acids is 1. The van der Waals surface area contributed by atoms with E-state index in [1.54, 1.807) is 11.7 Å². The average molecular weight is 332 g/mol. The smallest absolute Gasteiger partial charge is 0.319 e. The number of nitrogens with zero attached hydrogens (tertiary/aromatic N) is 2. The highest BCUT2D eigenvalue weighted by Gasteiger charge is 2.42. The quantitative estimate of drug-likeness (QED) is 0.792. The third kappa shape index (κ3) is 2.80. The summed E-state index contributed by atoms with van der Waals surface area (Å²) >= 11 is 3.43. The predicted octanol–water partition coefficient (Wildman–Crippen LogP) is 1.12. The van der Waals surface area contributed by atoms with Gasteiger partial charge in [-0.2, -0.15) is 5.10 Å². The molecule has 0 saturated heterocycles. The van der Waals surface area contributed by atoms with E-state index >= 15 is 0 Å². The number of aliphatic carboxylic acids is 1. The van der Waals surface area contributed by atoms with Crippen LogP contribution in [0.15, 0.2) is 4.47 Å². The lowest BCUT2D eigenvalue weighted by molar-refractivity contribution is -0.154. The van der Waals surface area contributed by atoms with Crippen LogP contribution < -0.4 is 5.32 Å². The molecule has 19 heavy (non-hydrogen) atoms. The predicted molar refractivity (Wildman–Crippen MR) is 73.8 cm³/mol. The van der Waals surface area contributed by atoms with E-state index in [2.05, 4.69) is 26.3 Å². The molecule has 0 radical (unpaired) electrons. The summed E-state index contributed by atoms with van der Waals surface area (Å²) in [5, 5.41) is 16.0. The van der Waals surface area contributed by atoms with Gasteiger partial charge in [0.2, 0.25) is 5.91 Å². The van der Waals surface area contributed by atoms with Crippen molar-refractivity contribution in [1.82, 2.24) is 15.1 Å². The number of halogens is 1. The van der Waals surface area contributed by atoms with Gasteiger partial charge in [0.1, 0.15) is 5.41 Å². The van der Waals surface area contributed by atoms with Gasteiger partial charge in [0, 0.05) is 20.5 Å². The van der Waals surface area contributed by atoms with E-state index in [0.717, 1.165) is 16.6 Å². The lowest BCUT2D eigenvalue weighted by Crippen LogP contribution is -2.45. The molecule has 6 nitrogen and oxygen atoms in total. The molecule has 0 aromatic carbocycles. The number of aryl methyl sites for hydroxylation is 2. The van der Waals surface area contributed by atoms with Crippen LogP contribution in [0, 0.1) is 5.41 Å². The van der Waals surface area contributed by atoms with Crippen molar-refractivity contribution in [2.24, 2.45) is 12.5 Å². The van der Waals surface area contributed by atoms with Gasteiger partial charge in [-0.1, -0.05) is 6.92 Å². The summed E-state index contributed by atoms with van der Waals surface area (Å²) in [6.45, 7) is 3.38. The molecule has 1 aromatic rings. The molecule has 1 heterocycles. The molecule has 106 valence electrons. The first-order valence-electron chi connectivity index (χ1n) is 5.93. The first-order chi connectivity index (χ1) is 8.77. The third-order valence-electron chi connectivity index (χ3n) is 3.22. The summed E-state index contributed by atoms with van der Waals surface area (Å²) in [5.41, 5.74) is 0.0308. The van der Waals surface area contributed by atoms with Crippen molar-refractivity contribution in [1.29, 1.82) is 0 Å². The van der Waals surface area contributed by atoms with E-state index in [-0.39, 0.29) is 6.42 Å². The number of carbonyl (C=O) groups is 2. The maximum atomic E-state index is 11.8. The van der Waals surface area contributed by atoms with Gasteiger partial charge in [0.25, 0.3) is 0 Å². The van der Waals surface area contributed by atoms with Gasteiger partial charge in [0.05, 0.1) is 15.9 Å². The number of rotatable bonds is 5. The van der Waals surface area contributed by atoms with Crippen molar-refractivity contribution in [3.05, 3.63) is 15.9 Å². The normalized spacial score (nSPS) is 13.9. The van der Waals surface area contributed by atoms with Crippen LogP contribution in [0.4, 0.5) is 0 Å².